The van der Waals surface area contributed by atoms with E-state index in [1.165, 1.54) is 5.56 Å². The van der Waals surface area contributed by atoms with E-state index in [1.807, 2.05) is 61.5 Å². The van der Waals surface area contributed by atoms with Crippen LogP contribution in [0, 0.1) is 0 Å². The topological polar surface area (TPSA) is 32.3 Å². The van der Waals surface area contributed by atoms with Gasteiger partial charge in [0.05, 0.1) is 0 Å². The number of nitrogens with one attached hydrogen (secondary N) is 1. The Morgan fingerprint density at radius 1 is 1.04 bits per heavy atom. The number of hydrogen-bond acceptors (Lipinski definition) is 2. The van der Waals surface area contributed by atoms with Gasteiger partial charge in [0.15, 0.2) is 0 Å². The number of amides is 1. The number of carbonyl (C=O) groups excluding carboxylic acids is 1. The van der Waals surface area contributed by atoms with E-state index in [0.29, 0.717) is 0 Å². The van der Waals surface area contributed by atoms with Gasteiger partial charge in [0.25, 0.3) is 0 Å². The van der Waals surface area contributed by atoms with Gasteiger partial charge < -0.3 is 10.2 Å². The summed E-state index contributed by atoms with van der Waals surface area (Å²) in [5.74, 6) is -0.134. The monoisotopic (exact) mass is 322 g/mol. The third-order valence-electron chi connectivity index (χ3n) is 3.83. The second-order valence-corrected chi connectivity index (χ2v) is 7.14. The number of nitrogens with zero attached hydrogens (tertiary/aromatic N) is 1. The fraction of sp³-hybridized carbons (Fsp3) is 0.286. The Balaban J connectivity index is 2.01. The molecule has 0 aromatic heterocycles. The SMILES string of the molecule is CN(C)c1cccc(NC(=O)/C=C/c2ccc(C(C)(C)C)cc2)c1. The minimum Gasteiger partial charge on any atom is -0.378 e. The number of rotatable bonds is 4. The van der Waals surface area contributed by atoms with Crippen LogP contribution in [0.25, 0.3) is 6.08 Å². The summed E-state index contributed by atoms with van der Waals surface area (Å²) < 4.78 is 0. The van der Waals surface area contributed by atoms with Crippen LogP contribution in [0.3, 0.4) is 0 Å². The highest BCUT2D eigenvalue weighted by Crippen LogP contribution is 2.22. The van der Waals surface area contributed by atoms with E-state index in [9.17, 15) is 4.79 Å². The van der Waals surface area contributed by atoms with Gasteiger partial charge in [-0.2, -0.15) is 0 Å². The van der Waals surface area contributed by atoms with Gasteiger partial charge in [0.2, 0.25) is 5.91 Å². The molecule has 3 nitrogen and oxygen atoms in total. The zero-order chi connectivity index (χ0) is 17.7. The molecule has 0 saturated heterocycles. The zero-order valence-electron chi connectivity index (χ0n) is 15.1. The molecule has 2 aromatic rings. The van der Waals surface area contributed by atoms with Crippen molar-refractivity contribution in [2.75, 3.05) is 24.3 Å². The molecule has 0 aliphatic heterocycles. The normalized spacial score (nSPS) is 11.5. The molecule has 0 heterocycles. The van der Waals surface area contributed by atoms with Crippen LogP contribution in [0.15, 0.2) is 54.6 Å². The van der Waals surface area contributed by atoms with Crippen LogP contribution >= 0.6 is 0 Å². The molecule has 126 valence electrons. The number of carbonyl (C=O) groups is 1. The average Bonchev–Trinajstić information content (AvgIpc) is 2.53. The lowest BCUT2D eigenvalue weighted by atomic mass is 9.87. The van der Waals surface area contributed by atoms with Crippen molar-refractivity contribution < 1.29 is 4.79 Å². The van der Waals surface area contributed by atoms with Crippen LogP contribution in [0.2, 0.25) is 0 Å². The lowest BCUT2D eigenvalue weighted by Crippen LogP contribution is -2.11. The standard InChI is InChI=1S/C21H26N2O/c1-21(2,3)17-12-9-16(10-13-17)11-14-20(24)22-18-7-6-8-19(15-18)23(4)5/h6-15H,1-5H3,(H,22,24)/b14-11+. The molecule has 0 atom stereocenters. The molecule has 0 spiro atoms. The highest BCUT2D eigenvalue weighted by atomic mass is 16.1. The molecule has 0 bridgehead atoms. The average molecular weight is 322 g/mol. The molecular formula is C21H26N2O. The fourth-order valence-electron chi connectivity index (χ4n) is 2.31. The second-order valence-electron chi connectivity index (χ2n) is 7.14. The first-order chi connectivity index (χ1) is 11.3. The predicted octanol–water partition coefficient (Wildman–Crippen LogP) is 4.70. The number of anilines is 2. The molecule has 0 unspecified atom stereocenters. The van der Waals surface area contributed by atoms with Crippen LogP contribution in [-0.4, -0.2) is 20.0 Å². The first kappa shape index (κ1) is 17.8. The smallest absolute Gasteiger partial charge is 0.248 e. The summed E-state index contributed by atoms with van der Waals surface area (Å²) in [5.41, 5.74) is 4.27. The maximum atomic E-state index is 12.1. The predicted molar refractivity (Wildman–Crippen MR) is 104 cm³/mol. The first-order valence-corrected chi connectivity index (χ1v) is 8.13. The number of hydrogen-bond donors (Lipinski definition) is 1. The fourth-order valence-corrected chi connectivity index (χ4v) is 2.31. The Morgan fingerprint density at radius 3 is 2.29 bits per heavy atom. The van der Waals surface area contributed by atoms with Crippen LogP contribution in [0.4, 0.5) is 11.4 Å². The summed E-state index contributed by atoms with van der Waals surface area (Å²) >= 11 is 0. The summed E-state index contributed by atoms with van der Waals surface area (Å²) in [6.07, 6.45) is 3.39. The third-order valence-corrected chi connectivity index (χ3v) is 3.83. The molecule has 1 N–H and O–H groups in total. The molecule has 0 aliphatic carbocycles. The molecule has 2 aromatic carbocycles. The molecule has 2 rings (SSSR count). The van der Waals surface area contributed by atoms with Gasteiger partial charge in [-0.1, -0.05) is 51.1 Å². The molecule has 0 saturated carbocycles. The summed E-state index contributed by atoms with van der Waals surface area (Å²) in [6.45, 7) is 6.56. The van der Waals surface area contributed by atoms with Crippen LogP contribution in [0.5, 0.6) is 0 Å². The minimum atomic E-state index is -0.134. The van der Waals surface area contributed by atoms with Crippen molar-refractivity contribution >= 4 is 23.4 Å². The second kappa shape index (κ2) is 7.35. The highest BCUT2D eigenvalue weighted by molar-refractivity contribution is 6.02. The van der Waals surface area contributed by atoms with Crippen LogP contribution < -0.4 is 10.2 Å². The van der Waals surface area contributed by atoms with E-state index in [-0.39, 0.29) is 11.3 Å². The molecule has 0 radical (unpaired) electrons. The van der Waals surface area contributed by atoms with Crippen molar-refractivity contribution in [3.63, 3.8) is 0 Å². The van der Waals surface area contributed by atoms with Crippen molar-refractivity contribution in [1.82, 2.24) is 0 Å². The molecular weight excluding hydrogens is 296 g/mol. The van der Waals surface area contributed by atoms with Gasteiger partial charge in [0, 0.05) is 31.5 Å². The molecule has 0 fully saturated rings. The number of benzene rings is 2. The Labute approximate surface area is 145 Å². The Bertz CT molecular complexity index is 722. The van der Waals surface area contributed by atoms with Crippen molar-refractivity contribution in [2.45, 2.75) is 26.2 Å². The van der Waals surface area contributed by atoms with E-state index in [1.54, 1.807) is 6.08 Å². The lowest BCUT2D eigenvalue weighted by molar-refractivity contribution is -0.111. The largest absolute Gasteiger partial charge is 0.378 e. The van der Waals surface area contributed by atoms with Crippen molar-refractivity contribution in [3.8, 4) is 0 Å². The van der Waals surface area contributed by atoms with E-state index in [2.05, 4.69) is 38.2 Å². The minimum absolute atomic E-state index is 0.134. The molecule has 0 aliphatic rings. The first-order valence-electron chi connectivity index (χ1n) is 8.13. The van der Waals surface area contributed by atoms with Crippen molar-refractivity contribution in [2.24, 2.45) is 0 Å². The Kier molecular flexibility index (Phi) is 5.45. The van der Waals surface area contributed by atoms with Gasteiger partial charge in [-0.05, 0) is 40.8 Å². The van der Waals surface area contributed by atoms with E-state index < -0.39 is 0 Å². The Hall–Kier alpha value is -2.55. The highest BCUT2D eigenvalue weighted by Gasteiger charge is 2.12. The van der Waals surface area contributed by atoms with E-state index in [4.69, 9.17) is 0 Å². The van der Waals surface area contributed by atoms with Crippen molar-refractivity contribution in [1.29, 1.82) is 0 Å². The molecule has 3 heteroatoms. The maximum Gasteiger partial charge on any atom is 0.248 e. The van der Waals surface area contributed by atoms with Crippen molar-refractivity contribution in [3.05, 3.63) is 65.7 Å². The summed E-state index contributed by atoms with van der Waals surface area (Å²) in [5, 5.41) is 2.89. The van der Waals surface area contributed by atoms with Gasteiger partial charge >= 0.3 is 0 Å². The van der Waals surface area contributed by atoms with Gasteiger partial charge in [0.1, 0.15) is 0 Å². The molecule has 24 heavy (non-hydrogen) atoms. The van der Waals surface area contributed by atoms with E-state index in [0.717, 1.165) is 16.9 Å². The Morgan fingerprint density at radius 2 is 1.71 bits per heavy atom. The lowest BCUT2D eigenvalue weighted by Gasteiger charge is -2.18. The summed E-state index contributed by atoms with van der Waals surface area (Å²) in [4.78, 5) is 14.1. The van der Waals surface area contributed by atoms with Gasteiger partial charge in [-0.25, -0.2) is 0 Å². The summed E-state index contributed by atoms with van der Waals surface area (Å²) in [7, 11) is 3.95. The van der Waals surface area contributed by atoms with Crippen LogP contribution in [-0.2, 0) is 10.2 Å². The zero-order valence-corrected chi connectivity index (χ0v) is 15.1. The maximum absolute atomic E-state index is 12.1. The third kappa shape index (κ3) is 4.98. The van der Waals surface area contributed by atoms with Gasteiger partial charge in [-0.3, -0.25) is 4.79 Å². The van der Waals surface area contributed by atoms with Gasteiger partial charge in [-0.15, -0.1) is 0 Å². The summed E-state index contributed by atoms with van der Waals surface area (Å²) in [6, 6.07) is 16.1. The van der Waals surface area contributed by atoms with E-state index >= 15 is 0 Å². The molecule has 1 amide bonds. The quantitative estimate of drug-likeness (QED) is 0.827. The van der Waals surface area contributed by atoms with Crippen LogP contribution in [0.1, 0.15) is 31.9 Å².